The Kier molecular flexibility index (Phi) is 4.08. The fraction of sp³-hybridized carbons (Fsp3) is 0.500. The fourth-order valence-corrected chi connectivity index (χ4v) is 2.82. The van der Waals surface area contributed by atoms with E-state index in [1.165, 1.54) is 0 Å². The van der Waals surface area contributed by atoms with Gasteiger partial charge in [-0.15, -0.1) is 0 Å². The highest BCUT2D eigenvalue weighted by Gasteiger charge is 2.28. The number of Topliss-reactive ketones (excluding diaryl/α,β-unsaturated/α-hetero) is 1. The van der Waals surface area contributed by atoms with Crippen molar-refractivity contribution in [2.75, 3.05) is 0 Å². The highest BCUT2D eigenvalue weighted by molar-refractivity contribution is 5.85. The van der Waals surface area contributed by atoms with Gasteiger partial charge in [0.15, 0.2) is 0 Å². The summed E-state index contributed by atoms with van der Waals surface area (Å²) >= 11 is 0. The molecule has 1 aliphatic carbocycles. The van der Waals surface area contributed by atoms with Crippen LogP contribution in [0.4, 0.5) is 0 Å². The van der Waals surface area contributed by atoms with Crippen LogP contribution in [0.25, 0.3) is 11.5 Å². The number of carbonyl (C=O) groups is 1. The third-order valence-corrected chi connectivity index (χ3v) is 4.03. The number of carbonyl (C=O) groups excluding carboxylic acids is 1. The lowest BCUT2D eigenvalue weighted by Crippen LogP contribution is -2.10. The van der Waals surface area contributed by atoms with Crippen molar-refractivity contribution in [2.24, 2.45) is 0 Å². The summed E-state index contributed by atoms with van der Waals surface area (Å²) in [5, 5.41) is 4.03. The van der Waals surface area contributed by atoms with Crippen molar-refractivity contribution in [1.82, 2.24) is 15.1 Å². The van der Waals surface area contributed by atoms with Crippen LogP contribution in [0, 0.1) is 0 Å². The first-order valence-electron chi connectivity index (χ1n) is 7.60. The normalized spacial score (nSPS) is 19.5. The molecule has 5 heteroatoms. The Bertz CT molecular complexity index is 636. The average molecular weight is 285 g/mol. The number of aromatic nitrogens is 3. The number of hydrogen-bond acceptors (Lipinski definition) is 5. The van der Waals surface area contributed by atoms with Crippen LogP contribution in [-0.4, -0.2) is 20.9 Å². The molecule has 1 saturated carbocycles. The predicted octanol–water partition coefficient (Wildman–Crippen LogP) is 3.31. The van der Waals surface area contributed by atoms with Gasteiger partial charge in [-0.2, -0.15) is 4.98 Å². The number of hydrogen-bond donors (Lipinski definition) is 0. The Labute approximate surface area is 123 Å². The van der Waals surface area contributed by atoms with E-state index in [1.54, 1.807) is 6.20 Å². The van der Waals surface area contributed by atoms with E-state index in [9.17, 15) is 4.79 Å². The van der Waals surface area contributed by atoms with Crippen molar-refractivity contribution in [2.45, 2.75) is 51.4 Å². The van der Waals surface area contributed by atoms with Gasteiger partial charge >= 0.3 is 0 Å². The van der Waals surface area contributed by atoms with Gasteiger partial charge in [0.1, 0.15) is 11.5 Å². The van der Waals surface area contributed by atoms with E-state index in [1.807, 2.05) is 12.1 Å². The van der Waals surface area contributed by atoms with Gasteiger partial charge in [-0.05, 0) is 30.9 Å². The molecule has 1 fully saturated rings. The van der Waals surface area contributed by atoms with E-state index in [4.69, 9.17) is 4.52 Å². The number of pyridine rings is 1. The van der Waals surface area contributed by atoms with Crippen molar-refractivity contribution >= 4 is 5.78 Å². The summed E-state index contributed by atoms with van der Waals surface area (Å²) in [5.74, 6) is 0.922. The molecular weight excluding hydrogens is 266 g/mol. The Hall–Kier alpha value is -2.04. The molecule has 1 atom stereocenters. The van der Waals surface area contributed by atoms with Gasteiger partial charge in [0.05, 0.1) is 5.92 Å². The minimum absolute atomic E-state index is 0.222. The highest BCUT2D eigenvalue weighted by atomic mass is 16.5. The second-order valence-corrected chi connectivity index (χ2v) is 5.44. The Morgan fingerprint density at radius 3 is 3.10 bits per heavy atom. The lowest BCUT2D eigenvalue weighted by molar-refractivity contribution is -0.120. The monoisotopic (exact) mass is 285 g/mol. The predicted molar refractivity (Wildman–Crippen MR) is 77.7 cm³/mol. The second-order valence-electron chi connectivity index (χ2n) is 5.44. The number of nitrogens with zero attached hydrogens (tertiary/aromatic N) is 3. The summed E-state index contributed by atoms with van der Waals surface area (Å²) < 4.78 is 5.36. The van der Waals surface area contributed by atoms with Gasteiger partial charge in [0, 0.05) is 12.6 Å². The topological polar surface area (TPSA) is 68.9 Å². The van der Waals surface area contributed by atoms with Crippen molar-refractivity contribution in [3.63, 3.8) is 0 Å². The second kappa shape index (κ2) is 6.16. The molecule has 21 heavy (non-hydrogen) atoms. The van der Waals surface area contributed by atoms with E-state index in [0.717, 1.165) is 43.4 Å². The Balaban J connectivity index is 1.90. The zero-order valence-electron chi connectivity index (χ0n) is 12.2. The Morgan fingerprint density at radius 2 is 2.24 bits per heavy atom. The number of rotatable bonds is 3. The van der Waals surface area contributed by atoms with Crippen LogP contribution in [-0.2, 0) is 11.2 Å². The van der Waals surface area contributed by atoms with E-state index < -0.39 is 0 Å². The molecule has 5 nitrogen and oxygen atoms in total. The van der Waals surface area contributed by atoms with E-state index in [-0.39, 0.29) is 11.7 Å². The maximum absolute atomic E-state index is 12.1. The molecule has 2 aromatic heterocycles. The summed E-state index contributed by atoms with van der Waals surface area (Å²) in [7, 11) is 0. The van der Waals surface area contributed by atoms with Crippen LogP contribution in [0.3, 0.4) is 0 Å². The quantitative estimate of drug-likeness (QED) is 0.809. The van der Waals surface area contributed by atoms with Crippen LogP contribution < -0.4 is 0 Å². The van der Waals surface area contributed by atoms with Crippen LogP contribution in [0.1, 0.15) is 56.4 Å². The molecule has 0 aromatic carbocycles. The third-order valence-electron chi connectivity index (χ3n) is 4.03. The molecular formula is C16H19N3O2. The van der Waals surface area contributed by atoms with Crippen LogP contribution >= 0.6 is 0 Å². The first-order valence-corrected chi connectivity index (χ1v) is 7.60. The molecule has 0 amide bonds. The Morgan fingerprint density at radius 1 is 1.33 bits per heavy atom. The van der Waals surface area contributed by atoms with Gasteiger partial charge in [-0.1, -0.05) is 31.0 Å². The van der Waals surface area contributed by atoms with Gasteiger partial charge in [-0.25, -0.2) is 0 Å². The van der Waals surface area contributed by atoms with Crippen molar-refractivity contribution in [3.05, 3.63) is 29.8 Å². The fourth-order valence-electron chi connectivity index (χ4n) is 2.82. The molecule has 2 heterocycles. The lowest BCUT2D eigenvalue weighted by atomic mass is 9.99. The lowest BCUT2D eigenvalue weighted by Gasteiger charge is -2.06. The summed E-state index contributed by atoms with van der Waals surface area (Å²) in [6.45, 7) is 2.07. The first kappa shape index (κ1) is 13.9. The molecule has 2 aromatic rings. The summed E-state index contributed by atoms with van der Waals surface area (Å²) in [6, 6.07) is 3.91. The maximum Gasteiger partial charge on any atom is 0.237 e. The van der Waals surface area contributed by atoms with Crippen molar-refractivity contribution in [3.8, 4) is 11.5 Å². The molecule has 0 spiro atoms. The summed E-state index contributed by atoms with van der Waals surface area (Å²) in [6.07, 6.45) is 7.12. The van der Waals surface area contributed by atoms with E-state index in [2.05, 4.69) is 22.0 Å². The summed E-state index contributed by atoms with van der Waals surface area (Å²) in [5.41, 5.74) is 1.83. The zero-order valence-corrected chi connectivity index (χ0v) is 12.2. The molecule has 0 radical (unpaired) electrons. The van der Waals surface area contributed by atoms with Crippen molar-refractivity contribution in [1.29, 1.82) is 0 Å². The molecule has 0 N–H and O–H groups in total. The van der Waals surface area contributed by atoms with Crippen LogP contribution in [0.15, 0.2) is 22.9 Å². The molecule has 110 valence electrons. The largest absolute Gasteiger partial charge is 0.338 e. The molecule has 0 saturated heterocycles. The molecule has 1 unspecified atom stereocenters. The maximum atomic E-state index is 12.1. The SMILES string of the molecule is CCc1cccnc1-c1noc(C2CCCCCC2=O)n1. The van der Waals surface area contributed by atoms with Gasteiger partial charge in [0.25, 0.3) is 0 Å². The van der Waals surface area contributed by atoms with Crippen molar-refractivity contribution < 1.29 is 9.32 Å². The standard InChI is InChI=1S/C16H19N3O2/c1-2-11-7-6-10-17-14(11)15-18-16(21-19-15)12-8-4-3-5-9-13(12)20/h6-7,10,12H,2-5,8-9H2,1H3. The molecule has 0 aliphatic heterocycles. The van der Waals surface area contributed by atoms with E-state index in [0.29, 0.717) is 18.1 Å². The smallest absolute Gasteiger partial charge is 0.237 e. The third kappa shape index (κ3) is 2.86. The van der Waals surface area contributed by atoms with E-state index >= 15 is 0 Å². The van der Waals surface area contributed by atoms with Crippen LogP contribution in [0.2, 0.25) is 0 Å². The molecule has 3 rings (SSSR count). The zero-order chi connectivity index (χ0) is 14.7. The highest BCUT2D eigenvalue weighted by Crippen LogP contribution is 2.29. The average Bonchev–Trinajstić information content (AvgIpc) is 2.90. The van der Waals surface area contributed by atoms with Gasteiger partial charge < -0.3 is 4.52 Å². The molecule has 0 bridgehead atoms. The van der Waals surface area contributed by atoms with Crippen LogP contribution in [0.5, 0.6) is 0 Å². The number of aryl methyl sites for hydroxylation is 1. The van der Waals surface area contributed by atoms with Gasteiger partial charge in [0.2, 0.25) is 11.7 Å². The molecule has 1 aliphatic rings. The minimum atomic E-state index is -0.234. The number of ketones is 1. The van der Waals surface area contributed by atoms with Gasteiger partial charge in [-0.3, -0.25) is 9.78 Å². The summed E-state index contributed by atoms with van der Waals surface area (Å²) in [4.78, 5) is 20.9. The first-order chi connectivity index (χ1) is 10.3. The minimum Gasteiger partial charge on any atom is -0.338 e.